The van der Waals surface area contributed by atoms with Gasteiger partial charge in [-0.05, 0) is 48.5 Å². The first-order chi connectivity index (χ1) is 11.3. The van der Waals surface area contributed by atoms with Gasteiger partial charge < -0.3 is 10.6 Å². The summed E-state index contributed by atoms with van der Waals surface area (Å²) >= 11 is 5.13. The van der Waals surface area contributed by atoms with Crippen LogP contribution >= 0.6 is 12.2 Å². The van der Waals surface area contributed by atoms with Gasteiger partial charge in [0.15, 0.2) is 5.11 Å². The zero-order valence-electron chi connectivity index (χ0n) is 13.3. The van der Waals surface area contributed by atoms with Gasteiger partial charge in [0.05, 0.1) is 6.21 Å². The van der Waals surface area contributed by atoms with E-state index in [2.05, 4.69) is 28.1 Å². The monoisotopic (exact) mass is 326 g/mol. The lowest BCUT2D eigenvalue weighted by molar-refractivity contribution is 0.745. The highest BCUT2D eigenvalue weighted by Gasteiger charge is 1.95. The second-order valence-corrected chi connectivity index (χ2v) is 5.50. The average Bonchev–Trinajstić information content (AvgIpc) is 2.58. The van der Waals surface area contributed by atoms with Crippen molar-refractivity contribution in [2.45, 2.75) is 19.8 Å². The number of nitrogens with zero attached hydrogens (tertiary/aromatic N) is 1. The van der Waals surface area contributed by atoms with E-state index < -0.39 is 0 Å². The number of hydrogen-bond acceptors (Lipinski definition) is 3. The van der Waals surface area contributed by atoms with Crippen LogP contribution < -0.4 is 16.1 Å². The molecule has 0 atom stereocenters. The molecule has 2 rings (SSSR count). The molecule has 0 bridgehead atoms. The Morgan fingerprint density at radius 1 is 1.04 bits per heavy atom. The molecule has 0 aromatic heterocycles. The molecule has 0 aliphatic rings. The predicted molar refractivity (Wildman–Crippen MR) is 102 cm³/mol. The molecule has 0 fully saturated rings. The van der Waals surface area contributed by atoms with E-state index in [9.17, 15) is 0 Å². The Hall–Kier alpha value is -2.40. The molecule has 2 aromatic rings. The van der Waals surface area contributed by atoms with Gasteiger partial charge in [-0.1, -0.05) is 43.7 Å². The lowest BCUT2D eigenvalue weighted by Gasteiger charge is -2.06. The minimum absolute atomic E-state index is 0.553. The lowest BCUT2D eigenvalue weighted by atomic mass is 10.2. The number of para-hydroxylation sites is 1. The first kappa shape index (κ1) is 17.0. The third-order valence-electron chi connectivity index (χ3n) is 3.17. The van der Waals surface area contributed by atoms with E-state index in [1.54, 1.807) is 6.21 Å². The van der Waals surface area contributed by atoms with Crippen LogP contribution in [0.3, 0.4) is 0 Å². The van der Waals surface area contributed by atoms with E-state index in [0.717, 1.165) is 36.3 Å². The molecule has 0 amide bonds. The normalized spacial score (nSPS) is 10.5. The van der Waals surface area contributed by atoms with E-state index in [4.69, 9.17) is 12.2 Å². The van der Waals surface area contributed by atoms with Crippen molar-refractivity contribution in [3.8, 4) is 0 Å². The van der Waals surface area contributed by atoms with Gasteiger partial charge in [-0.15, -0.1) is 0 Å². The summed E-state index contributed by atoms with van der Waals surface area (Å²) in [6, 6.07) is 18.1. The zero-order valence-corrected chi connectivity index (χ0v) is 14.1. The van der Waals surface area contributed by atoms with E-state index in [0.29, 0.717) is 5.11 Å². The highest BCUT2D eigenvalue weighted by molar-refractivity contribution is 7.80. The molecular weight excluding hydrogens is 304 g/mol. The summed E-state index contributed by atoms with van der Waals surface area (Å²) in [5.74, 6) is 0. The minimum atomic E-state index is 0.553. The topological polar surface area (TPSA) is 48.5 Å². The highest BCUT2D eigenvalue weighted by Crippen LogP contribution is 2.15. The molecule has 0 saturated carbocycles. The van der Waals surface area contributed by atoms with Crippen molar-refractivity contribution in [1.82, 2.24) is 10.7 Å². The molecule has 23 heavy (non-hydrogen) atoms. The maximum atomic E-state index is 5.13. The number of thiocarbonyl (C=S) groups is 1. The molecule has 5 heteroatoms. The molecule has 0 heterocycles. The van der Waals surface area contributed by atoms with Crippen LogP contribution in [0.2, 0.25) is 0 Å². The third kappa shape index (κ3) is 6.48. The minimum Gasteiger partial charge on any atom is -0.361 e. The van der Waals surface area contributed by atoms with E-state index in [1.807, 2.05) is 54.6 Å². The summed E-state index contributed by atoms with van der Waals surface area (Å²) in [4.78, 5) is 0. The predicted octanol–water partition coefficient (Wildman–Crippen LogP) is 4.03. The van der Waals surface area contributed by atoms with Crippen LogP contribution in [0.5, 0.6) is 0 Å². The third-order valence-corrected chi connectivity index (χ3v) is 3.40. The molecule has 2 aromatic carbocycles. The van der Waals surface area contributed by atoms with Gasteiger partial charge >= 0.3 is 0 Å². The van der Waals surface area contributed by atoms with Gasteiger partial charge in [0, 0.05) is 17.9 Å². The van der Waals surface area contributed by atoms with Gasteiger partial charge in [-0.2, -0.15) is 5.10 Å². The van der Waals surface area contributed by atoms with Crippen molar-refractivity contribution >= 4 is 34.9 Å². The second kappa shape index (κ2) is 9.58. The van der Waals surface area contributed by atoms with Crippen LogP contribution in [0.4, 0.5) is 11.4 Å². The van der Waals surface area contributed by atoms with Crippen molar-refractivity contribution < 1.29 is 0 Å². The van der Waals surface area contributed by atoms with Crippen LogP contribution in [0, 0.1) is 0 Å². The number of rotatable bonds is 7. The number of nitrogens with one attached hydrogen (secondary N) is 3. The van der Waals surface area contributed by atoms with Crippen LogP contribution in [-0.4, -0.2) is 17.9 Å². The molecule has 4 nitrogen and oxygen atoms in total. The Balaban J connectivity index is 1.80. The van der Waals surface area contributed by atoms with E-state index >= 15 is 0 Å². The largest absolute Gasteiger partial charge is 0.361 e. The zero-order chi connectivity index (χ0) is 16.3. The molecule has 0 saturated heterocycles. The molecule has 0 aliphatic heterocycles. The van der Waals surface area contributed by atoms with Gasteiger partial charge in [0.2, 0.25) is 0 Å². The van der Waals surface area contributed by atoms with Crippen molar-refractivity contribution in [3.63, 3.8) is 0 Å². The molecule has 0 radical (unpaired) electrons. The second-order valence-electron chi connectivity index (χ2n) is 5.09. The SMILES string of the molecule is CCCCNC(=S)N/N=C\c1ccc(Nc2ccccc2)cc1. The fourth-order valence-electron chi connectivity index (χ4n) is 1.92. The van der Waals surface area contributed by atoms with E-state index in [-0.39, 0.29) is 0 Å². The van der Waals surface area contributed by atoms with E-state index in [1.165, 1.54) is 0 Å². The van der Waals surface area contributed by atoms with Crippen molar-refractivity contribution in [2.24, 2.45) is 5.10 Å². The average molecular weight is 326 g/mol. The molecule has 0 spiro atoms. The van der Waals surface area contributed by atoms with Crippen LogP contribution in [0.25, 0.3) is 0 Å². The Labute approximate surface area is 143 Å². The summed E-state index contributed by atoms with van der Waals surface area (Å²) in [6.07, 6.45) is 3.99. The fraction of sp³-hybridized carbons (Fsp3) is 0.222. The van der Waals surface area contributed by atoms with Crippen LogP contribution in [0.1, 0.15) is 25.3 Å². The maximum Gasteiger partial charge on any atom is 0.186 e. The van der Waals surface area contributed by atoms with Gasteiger partial charge in [-0.3, -0.25) is 5.43 Å². The number of hydrogen-bond donors (Lipinski definition) is 3. The lowest BCUT2D eigenvalue weighted by Crippen LogP contribution is -2.32. The van der Waals surface area contributed by atoms with Crippen molar-refractivity contribution in [3.05, 3.63) is 60.2 Å². The standard InChI is InChI=1S/C18H22N4S/c1-2-3-13-19-18(23)22-20-14-15-9-11-17(12-10-15)21-16-7-5-4-6-8-16/h4-12,14,21H,2-3,13H2,1H3,(H2,19,22,23)/b20-14-. The van der Waals surface area contributed by atoms with Crippen molar-refractivity contribution in [1.29, 1.82) is 0 Å². The number of benzene rings is 2. The Kier molecular flexibility index (Phi) is 7.07. The molecule has 120 valence electrons. The number of unbranched alkanes of at least 4 members (excludes halogenated alkanes) is 1. The summed E-state index contributed by atoms with van der Waals surface area (Å²) in [6.45, 7) is 3.02. The Bertz CT molecular complexity index is 623. The first-order valence-corrected chi connectivity index (χ1v) is 8.18. The molecule has 0 aliphatic carbocycles. The molecule has 0 unspecified atom stereocenters. The maximum absolute atomic E-state index is 5.13. The van der Waals surface area contributed by atoms with Gasteiger partial charge in [0.25, 0.3) is 0 Å². The number of hydrazone groups is 1. The smallest absolute Gasteiger partial charge is 0.186 e. The van der Waals surface area contributed by atoms with Gasteiger partial charge in [-0.25, -0.2) is 0 Å². The van der Waals surface area contributed by atoms with Crippen LogP contribution in [0.15, 0.2) is 59.7 Å². The van der Waals surface area contributed by atoms with Gasteiger partial charge in [0.1, 0.15) is 0 Å². The Morgan fingerprint density at radius 3 is 2.43 bits per heavy atom. The number of anilines is 2. The fourth-order valence-corrected chi connectivity index (χ4v) is 2.08. The molecule has 3 N–H and O–H groups in total. The highest BCUT2D eigenvalue weighted by atomic mass is 32.1. The summed E-state index contributed by atoms with van der Waals surface area (Å²) in [5.41, 5.74) is 5.93. The Morgan fingerprint density at radius 2 is 1.74 bits per heavy atom. The quantitative estimate of drug-likeness (QED) is 0.311. The van der Waals surface area contributed by atoms with Crippen LogP contribution in [-0.2, 0) is 0 Å². The summed E-state index contributed by atoms with van der Waals surface area (Å²) in [7, 11) is 0. The summed E-state index contributed by atoms with van der Waals surface area (Å²) < 4.78 is 0. The first-order valence-electron chi connectivity index (χ1n) is 7.77. The summed E-state index contributed by atoms with van der Waals surface area (Å²) in [5, 5.41) is 11.1. The van der Waals surface area contributed by atoms with Crippen molar-refractivity contribution in [2.75, 3.05) is 11.9 Å². The molecular formula is C18H22N4S.